The molecule has 0 saturated heterocycles. The molecule has 0 aliphatic rings. The largest absolute Gasteiger partial charge is 0.465 e. The Balaban J connectivity index is 2.55. The molecule has 76 valence electrons. The van der Waals surface area contributed by atoms with Crippen molar-refractivity contribution in [2.24, 2.45) is 0 Å². The molecular weight excluding hydrogens is 200 g/mol. The van der Waals surface area contributed by atoms with Crippen molar-refractivity contribution in [3.8, 4) is 0 Å². The minimum atomic E-state index is -1.29. The normalized spacial score (nSPS) is 12.1. The molecule has 4 heteroatoms. The first kappa shape index (κ1) is 10.9. The van der Waals surface area contributed by atoms with Gasteiger partial charge in [-0.1, -0.05) is 18.2 Å². The van der Waals surface area contributed by atoms with Gasteiger partial charge in [0.25, 0.3) is 0 Å². The lowest BCUT2D eigenvalue weighted by atomic mass is 10.4. The van der Waals surface area contributed by atoms with Crippen molar-refractivity contribution in [3.63, 3.8) is 0 Å². The van der Waals surface area contributed by atoms with E-state index in [0.717, 1.165) is 0 Å². The van der Waals surface area contributed by atoms with Crippen LogP contribution in [0.2, 0.25) is 0 Å². The Morgan fingerprint density at radius 2 is 2.00 bits per heavy atom. The summed E-state index contributed by atoms with van der Waals surface area (Å²) in [6.45, 7) is 2.05. The van der Waals surface area contributed by atoms with Crippen molar-refractivity contribution in [1.82, 2.24) is 0 Å². The summed E-state index contributed by atoms with van der Waals surface area (Å²) < 4.78 is 16.2. The number of hydrogen-bond acceptors (Lipinski definition) is 3. The average molecular weight is 212 g/mol. The average Bonchev–Trinajstić information content (AvgIpc) is 2.19. The summed E-state index contributed by atoms with van der Waals surface area (Å²) in [6.07, 6.45) is 0. The van der Waals surface area contributed by atoms with Crippen LogP contribution in [0.4, 0.5) is 0 Å². The molecule has 1 aromatic carbocycles. The number of hydrogen-bond donors (Lipinski definition) is 0. The molecule has 0 radical (unpaired) electrons. The summed E-state index contributed by atoms with van der Waals surface area (Å²) in [6, 6.07) is 8.88. The Morgan fingerprint density at radius 3 is 2.57 bits per heavy atom. The molecule has 1 aromatic rings. The molecule has 0 aliphatic heterocycles. The van der Waals surface area contributed by atoms with Crippen LogP contribution in [-0.2, 0) is 20.3 Å². The van der Waals surface area contributed by atoms with Gasteiger partial charge >= 0.3 is 5.97 Å². The predicted molar refractivity (Wildman–Crippen MR) is 54.4 cm³/mol. The van der Waals surface area contributed by atoms with Gasteiger partial charge in [-0.25, -0.2) is 0 Å². The fraction of sp³-hybridized carbons (Fsp3) is 0.300. The highest BCUT2D eigenvalue weighted by Gasteiger charge is 2.09. The predicted octanol–water partition coefficient (Wildman–Crippen LogP) is 1.36. The van der Waals surface area contributed by atoms with Crippen LogP contribution in [0.15, 0.2) is 35.2 Å². The van der Waals surface area contributed by atoms with Gasteiger partial charge in [0.15, 0.2) is 0 Å². The number of rotatable bonds is 4. The number of ether oxygens (including phenoxy) is 1. The molecule has 0 saturated carbocycles. The first-order chi connectivity index (χ1) is 6.74. The van der Waals surface area contributed by atoms with Crippen molar-refractivity contribution in [2.45, 2.75) is 11.8 Å². The summed E-state index contributed by atoms with van der Waals surface area (Å²) in [5, 5.41) is 0. The lowest BCUT2D eigenvalue weighted by Crippen LogP contribution is -2.13. The fourth-order valence-corrected chi connectivity index (χ4v) is 1.89. The molecule has 1 unspecified atom stereocenters. The van der Waals surface area contributed by atoms with Crippen LogP contribution >= 0.6 is 0 Å². The third-order valence-electron chi connectivity index (χ3n) is 1.56. The highest BCUT2D eigenvalue weighted by molar-refractivity contribution is 7.85. The van der Waals surface area contributed by atoms with E-state index < -0.39 is 16.8 Å². The maximum Gasteiger partial charge on any atom is 0.318 e. The van der Waals surface area contributed by atoms with Gasteiger partial charge in [-0.15, -0.1) is 0 Å². The van der Waals surface area contributed by atoms with Crippen LogP contribution < -0.4 is 0 Å². The highest BCUT2D eigenvalue weighted by Crippen LogP contribution is 2.05. The lowest BCUT2D eigenvalue weighted by molar-refractivity contribution is -0.139. The third kappa shape index (κ3) is 3.30. The van der Waals surface area contributed by atoms with Crippen LogP contribution in [0.3, 0.4) is 0 Å². The minimum absolute atomic E-state index is 0.0716. The van der Waals surface area contributed by atoms with Crippen molar-refractivity contribution in [1.29, 1.82) is 0 Å². The maximum absolute atomic E-state index is 11.5. The number of carbonyl (C=O) groups excluding carboxylic acids is 1. The standard InChI is InChI=1S/C10H12O3S/c1-2-13-10(11)8-14(12)9-6-4-3-5-7-9/h3-7H,2,8H2,1H3. The van der Waals surface area contributed by atoms with E-state index in [4.69, 9.17) is 4.74 Å². The number of benzene rings is 1. The Kier molecular flexibility index (Phi) is 4.32. The molecule has 1 rings (SSSR count). The first-order valence-corrected chi connectivity index (χ1v) is 5.65. The van der Waals surface area contributed by atoms with Crippen molar-refractivity contribution in [3.05, 3.63) is 30.3 Å². The van der Waals surface area contributed by atoms with Gasteiger partial charge in [0.2, 0.25) is 0 Å². The zero-order chi connectivity index (χ0) is 10.4. The van der Waals surface area contributed by atoms with Gasteiger partial charge < -0.3 is 4.74 Å². The summed E-state index contributed by atoms with van der Waals surface area (Å²) in [5.41, 5.74) is 0. The van der Waals surface area contributed by atoms with Crippen LogP contribution in [0.25, 0.3) is 0 Å². The molecule has 0 bridgehead atoms. The topological polar surface area (TPSA) is 43.4 Å². The highest BCUT2D eigenvalue weighted by atomic mass is 32.2. The molecule has 0 aliphatic carbocycles. The van der Waals surface area contributed by atoms with Gasteiger partial charge in [-0.05, 0) is 19.1 Å². The molecule has 0 spiro atoms. The summed E-state index contributed by atoms with van der Waals surface area (Å²) in [5.74, 6) is -0.493. The van der Waals surface area contributed by atoms with Crippen molar-refractivity contribution in [2.75, 3.05) is 12.4 Å². The summed E-state index contributed by atoms with van der Waals surface area (Å²) >= 11 is 0. The molecule has 0 fully saturated rings. The lowest BCUT2D eigenvalue weighted by Gasteiger charge is -2.01. The summed E-state index contributed by atoms with van der Waals surface area (Å²) in [7, 11) is -1.29. The van der Waals surface area contributed by atoms with Gasteiger partial charge in [0.05, 0.1) is 17.4 Å². The minimum Gasteiger partial charge on any atom is -0.465 e. The maximum atomic E-state index is 11.5. The van der Waals surface area contributed by atoms with Gasteiger partial charge in [0.1, 0.15) is 5.75 Å². The van der Waals surface area contributed by atoms with E-state index in [9.17, 15) is 9.00 Å². The molecule has 0 N–H and O–H groups in total. The SMILES string of the molecule is CCOC(=O)CS(=O)c1ccccc1. The second-order valence-electron chi connectivity index (χ2n) is 2.61. The molecule has 1 atom stereocenters. The first-order valence-electron chi connectivity index (χ1n) is 4.33. The zero-order valence-electron chi connectivity index (χ0n) is 7.93. The van der Waals surface area contributed by atoms with Gasteiger partial charge in [-0.3, -0.25) is 9.00 Å². The van der Waals surface area contributed by atoms with E-state index in [-0.39, 0.29) is 5.75 Å². The second kappa shape index (κ2) is 5.54. The van der Waals surface area contributed by atoms with Gasteiger partial charge in [-0.2, -0.15) is 0 Å². The molecule has 14 heavy (non-hydrogen) atoms. The fourth-order valence-electron chi connectivity index (χ4n) is 0.965. The van der Waals surface area contributed by atoms with E-state index in [1.165, 1.54) is 0 Å². The molecular formula is C10H12O3S. The molecule has 3 nitrogen and oxygen atoms in total. The van der Waals surface area contributed by atoms with Gasteiger partial charge in [0, 0.05) is 4.90 Å². The van der Waals surface area contributed by atoms with E-state index >= 15 is 0 Å². The zero-order valence-corrected chi connectivity index (χ0v) is 8.75. The smallest absolute Gasteiger partial charge is 0.318 e. The van der Waals surface area contributed by atoms with Crippen molar-refractivity contribution < 1.29 is 13.7 Å². The second-order valence-corrected chi connectivity index (χ2v) is 4.06. The molecule has 0 amide bonds. The monoisotopic (exact) mass is 212 g/mol. The van der Waals surface area contributed by atoms with E-state index in [1.54, 1.807) is 31.2 Å². The van der Waals surface area contributed by atoms with E-state index in [0.29, 0.717) is 11.5 Å². The number of esters is 1. The van der Waals surface area contributed by atoms with E-state index in [1.807, 2.05) is 6.07 Å². The molecule has 0 aromatic heterocycles. The number of carbonyl (C=O) groups is 1. The quantitative estimate of drug-likeness (QED) is 0.708. The Labute approximate surface area is 85.5 Å². The van der Waals surface area contributed by atoms with Crippen LogP contribution in [0.1, 0.15) is 6.92 Å². The Hall–Kier alpha value is -1.16. The van der Waals surface area contributed by atoms with Crippen LogP contribution in [0, 0.1) is 0 Å². The Bertz CT molecular complexity index is 321. The Morgan fingerprint density at radius 1 is 1.36 bits per heavy atom. The van der Waals surface area contributed by atoms with Crippen molar-refractivity contribution >= 4 is 16.8 Å². The van der Waals surface area contributed by atoms with Crippen LogP contribution in [0.5, 0.6) is 0 Å². The molecule has 0 heterocycles. The van der Waals surface area contributed by atoms with E-state index in [2.05, 4.69) is 0 Å². The third-order valence-corrected chi connectivity index (χ3v) is 2.86. The summed E-state index contributed by atoms with van der Waals surface area (Å²) in [4.78, 5) is 11.7. The van der Waals surface area contributed by atoms with Crippen LogP contribution in [-0.4, -0.2) is 22.5 Å².